The minimum absolute atomic E-state index is 0.135. The summed E-state index contributed by atoms with van der Waals surface area (Å²) >= 11 is 0. The number of benzene rings is 2. The van der Waals surface area contributed by atoms with Crippen molar-refractivity contribution in [1.29, 1.82) is 5.26 Å². The first-order valence-electron chi connectivity index (χ1n) is 5.57. The highest BCUT2D eigenvalue weighted by Gasteiger charge is 2.14. The lowest BCUT2D eigenvalue weighted by atomic mass is 9.94. The van der Waals surface area contributed by atoms with Crippen LogP contribution >= 0.6 is 0 Å². The Morgan fingerprint density at radius 1 is 1.32 bits per heavy atom. The molecule has 0 aliphatic carbocycles. The van der Waals surface area contributed by atoms with Crippen molar-refractivity contribution in [3.63, 3.8) is 0 Å². The number of carboxylic acid groups (broad SMARTS) is 1. The lowest BCUT2D eigenvalue weighted by Gasteiger charge is -2.10. The number of rotatable bonds is 2. The van der Waals surface area contributed by atoms with E-state index in [1.165, 1.54) is 36.4 Å². The molecule has 0 heterocycles. The maximum atomic E-state index is 13.9. The van der Waals surface area contributed by atoms with Crippen molar-refractivity contribution in [1.82, 2.24) is 0 Å². The minimum atomic E-state index is -1.04. The Bertz CT molecular complexity index is 702. The Morgan fingerprint density at radius 3 is 2.63 bits per heavy atom. The number of halogens is 1. The van der Waals surface area contributed by atoms with Gasteiger partial charge in [0.1, 0.15) is 5.82 Å². The van der Waals surface area contributed by atoms with E-state index < -0.39 is 11.8 Å². The SMILES string of the molecule is Cc1cc(C(=O)O)ccc1-c1c(F)cccc1C#N. The first-order chi connectivity index (χ1) is 9.04. The van der Waals surface area contributed by atoms with Crippen LogP contribution in [0.2, 0.25) is 0 Å². The maximum Gasteiger partial charge on any atom is 0.335 e. The van der Waals surface area contributed by atoms with Gasteiger partial charge in [0, 0.05) is 5.56 Å². The average molecular weight is 255 g/mol. The molecule has 0 aliphatic rings. The topological polar surface area (TPSA) is 61.1 Å². The lowest BCUT2D eigenvalue weighted by molar-refractivity contribution is 0.0697. The van der Waals surface area contributed by atoms with Gasteiger partial charge < -0.3 is 5.11 Å². The van der Waals surface area contributed by atoms with E-state index in [2.05, 4.69) is 0 Å². The summed E-state index contributed by atoms with van der Waals surface area (Å²) in [5.74, 6) is -1.53. The minimum Gasteiger partial charge on any atom is -0.478 e. The van der Waals surface area contributed by atoms with Gasteiger partial charge in [-0.2, -0.15) is 5.26 Å². The second kappa shape index (κ2) is 4.91. The monoisotopic (exact) mass is 255 g/mol. The first-order valence-corrected chi connectivity index (χ1v) is 5.57. The molecule has 0 saturated carbocycles. The molecule has 19 heavy (non-hydrogen) atoms. The van der Waals surface area contributed by atoms with Crippen molar-refractivity contribution in [2.45, 2.75) is 6.92 Å². The molecule has 1 N–H and O–H groups in total. The number of nitriles is 1. The fraction of sp³-hybridized carbons (Fsp3) is 0.0667. The lowest BCUT2D eigenvalue weighted by Crippen LogP contribution is -1.98. The normalized spacial score (nSPS) is 9.95. The summed E-state index contributed by atoms with van der Waals surface area (Å²) in [6.07, 6.45) is 0. The van der Waals surface area contributed by atoms with Crippen LogP contribution in [0.15, 0.2) is 36.4 Å². The smallest absolute Gasteiger partial charge is 0.335 e. The van der Waals surface area contributed by atoms with Crippen LogP contribution < -0.4 is 0 Å². The molecule has 0 saturated heterocycles. The van der Waals surface area contributed by atoms with E-state index in [1.807, 2.05) is 6.07 Å². The van der Waals surface area contributed by atoms with Gasteiger partial charge in [0.05, 0.1) is 17.2 Å². The average Bonchev–Trinajstić information content (AvgIpc) is 2.38. The summed E-state index contributed by atoms with van der Waals surface area (Å²) in [6.45, 7) is 1.69. The highest BCUT2D eigenvalue weighted by atomic mass is 19.1. The fourth-order valence-corrected chi connectivity index (χ4v) is 1.97. The van der Waals surface area contributed by atoms with E-state index in [0.717, 1.165) is 0 Å². The fourth-order valence-electron chi connectivity index (χ4n) is 1.97. The number of carboxylic acids is 1. The van der Waals surface area contributed by atoms with Crippen LogP contribution in [0.5, 0.6) is 0 Å². The van der Waals surface area contributed by atoms with Gasteiger partial charge in [0.2, 0.25) is 0 Å². The van der Waals surface area contributed by atoms with Crippen LogP contribution in [-0.4, -0.2) is 11.1 Å². The Labute approximate surface area is 109 Å². The van der Waals surface area contributed by atoms with Gasteiger partial charge in [0.25, 0.3) is 0 Å². The Hall–Kier alpha value is -2.67. The van der Waals surface area contributed by atoms with Gasteiger partial charge in [-0.15, -0.1) is 0 Å². The molecule has 2 rings (SSSR count). The van der Waals surface area contributed by atoms with Crippen molar-refractivity contribution in [2.75, 3.05) is 0 Å². The number of carbonyl (C=O) groups is 1. The molecular formula is C15H10FNO2. The highest BCUT2D eigenvalue weighted by Crippen LogP contribution is 2.29. The predicted molar refractivity (Wildman–Crippen MR) is 68.2 cm³/mol. The van der Waals surface area contributed by atoms with Crippen LogP contribution in [0.1, 0.15) is 21.5 Å². The predicted octanol–water partition coefficient (Wildman–Crippen LogP) is 3.37. The van der Waals surface area contributed by atoms with Crippen molar-refractivity contribution in [3.05, 3.63) is 58.9 Å². The Kier molecular flexibility index (Phi) is 3.30. The molecule has 0 amide bonds. The summed E-state index contributed by atoms with van der Waals surface area (Å²) in [6, 6.07) is 10.6. The summed E-state index contributed by atoms with van der Waals surface area (Å²) < 4.78 is 13.9. The number of nitrogens with zero attached hydrogens (tertiary/aromatic N) is 1. The van der Waals surface area contributed by atoms with Crippen LogP contribution in [0.3, 0.4) is 0 Å². The van der Waals surface area contributed by atoms with Crippen LogP contribution in [0, 0.1) is 24.1 Å². The maximum absolute atomic E-state index is 13.9. The van der Waals surface area contributed by atoms with Crippen molar-refractivity contribution in [3.8, 4) is 17.2 Å². The van der Waals surface area contributed by atoms with Gasteiger partial charge in [0.15, 0.2) is 0 Å². The third-order valence-electron chi connectivity index (χ3n) is 2.88. The molecule has 2 aromatic carbocycles. The summed E-state index contributed by atoms with van der Waals surface area (Å²) in [5.41, 5.74) is 1.71. The van der Waals surface area contributed by atoms with Crippen molar-refractivity contribution in [2.24, 2.45) is 0 Å². The van der Waals surface area contributed by atoms with Crippen LogP contribution in [0.4, 0.5) is 4.39 Å². The first kappa shape index (κ1) is 12.8. The zero-order valence-corrected chi connectivity index (χ0v) is 10.1. The van der Waals surface area contributed by atoms with Crippen LogP contribution in [0.25, 0.3) is 11.1 Å². The number of aromatic carboxylic acids is 1. The van der Waals surface area contributed by atoms with Gasteiger partial charge in [-0.3, -0.25) is 0 Å². The Balaban J connectivity index is 2.67. The highest BCUT2D eigenvalue weighted by molar-refractivity contribution is 5.89. The molecule has 0 fully saturated rings. The van der Waals surface area contributed by atoms with E-state index in [-0.39, 0.29) is 16.7 Å². The molecular weight excluding hydrogens is 245 g/mol. The third-order valence-corrected chi connectivity index (χ3v) is 2.88. The molecule has 2 aromatic rings. The molecule has 4 heteroatoms. The molecule has 0 bridgehead atoms. The second-order valence-electron chi connectivity index (χ2n) is 4.11. The molecule has 0 spiro atoms. The summed E-state index contributed by atoms with van der Waals surface area (Å²) in [4.78, 5) is 10.9. The van der Waals surface area contributed by atoms with Gasteiger partial charge in [-0.1, -0.05) is 12.1 Å². The number of hydrogen-bond acceptors (Lipinski definition) is 2. The molecule has 0 unspecified atom stereocenters. The zero-order valence-electron chi connectivity index (χ0n) is 10.1. The van der Waals surface area contributed by atoms with Crippen LogP contribution in [-0.2, 0) is 0 Å². The van der Waals surface area contributed by atoms with Gasteiger partial charge in [-0.05, 0) is 42.3 Å². The quantitative estimate of drug-likeness (QED) is 0.894. The molecule has 94 valence electrons. The number of aryl methyl sites for hydroxylation is 1. The standard InChI is InChI=1S/C15H10FNO2/c1-9-7-10(15(18)19)5-6-12(9)14-11(8-17)3-2-4-13(14)16/h2-7H,1H3,(H,18,19). The van der Waals surface area contributed by atoms with E-state index in [4.69, 9.17) is 10.4 Å². The molecule has 0 atom stereocenters. The Morgan fingerprint density at radius 2 is 2.05 bits per heavy atom. The van der Waals surface area contributed by atoms with Crippen molar-refractivity contribution >= 4 is 5.97 Å². The van der Waals surface area contributed by atoms with Gasteiger partial charge in [-0.25, -0.2) is 9.18 Å². The largest absolute Gasteiger partial charge is 0.478 e. The van der Waals surface area contributed by atoms with Gasteiger partial charge >= 0.3 is 5.97 Å². The third kappa shape index (κ3) is 2.31. The zero-order chi connectivity index (χ0) is 14.0. The van der Waals surface area contributed by atoms with E-state index >= 15 is 0 Å². The molecule has 0 aliphatic heterocycles. The van der Waals surface area contributed by atoms with E-state index in [1.54, 1.807) is 6.92 Å². The second-order valence-corrected chi connectivity index (χ2v) is 4.11. The van der Waals surface area contributed by atoms with E-state index in [0.29, 0.717) is 11.1 Å². The van der Waals surface area contributed by atoms with Crippen molar-refractivity contribution < 1.29 is 14.3 Å². The summed E-state index contributed by atoms with van der Waals surface area (Å²) in [5, 5.41) is 17.9. The van der Waals surface area contributed by atoms with E-state index in [9.17, 15) is 9.18 Å². The summed E-state index contributed by atoms with van der Waals surface area (Å²) in [7, 11) is 0. The molecule has 3 nitrogen and oxygen atoms in total. The number of hydrogen-bond donors (Lipinski definition) is 1. The molecule has 0 radical (unpaired) electrons. The molecule has 0 aromatic heterocycles.